The van der Waals surface area contributed by atoms with E-state index in [0.717, 1.165) is 23.6 Å². The third kappa shape index (κ3) is 2.08. The Labute approximate surface area is 111 Å². The van der Waals surface area contributed by atoms with Crippen LogP contribution in [0.2, 0.25) is 0 Å². The molecule has 96 valence electrons. The lowest BCUT2D eigenvalue weighted by Gasteiger charge is -2.23. The van der Waals surface area contributed by atoms with Crippen molar-refractivity contribution in [3.05, 3.63) is 17.3 Å². The fourth-order valence-electron chi connectivity index (χ4n) is 2.28. The smallest absolute Gasteiger partial charge is 0.141 e. The number of fused-ring (bicyclic) bond motifs is 1. The van der Waals surface area contributed by atoms with Gasteiger partial charge in [-0.1, -0.05) is 6.92 Å². The standard InChI is InChI=1S/C13H18N4S/c1-2-10-7-11-12(15-8-16-13(11)18-10)17(6-5-14)9-3-4-9/h7-9H,2-6,14H2,1H3. The van der Waals surface area contributed by atoms with Crippen LogP contribution in [-0.2, 0) is 6.42 Å². The lowest BCUT2D eigenvalue weighted by Crippen LogP contribution is -2.32. The summed E-state index contributed by atoms with van der Waals surface area (Å²) in [6, 6.07) is 2.87. The number of rotatable bonds is 5. The molecule has 5 heteroatoms. The first-order chi connectivity index (χ1) is 8.83. The van der Waals surface area contributed by atoms with Crippen LogP contribution >= 0.6 is 11.3 Å². The summed E-state index contributed by atoms with van der Waals surface area (Å²) in [5.41, 5.74) is 5.73. The van der Waals surface area contributed by atoms with Crippen molar-refractivity contribution in [1.29, 1.82) is 0 Å². The Hall–Kier alpha value is -1.20. The predicted molar refractivity (Wildman–Crippen MR) is 76.2 cm³/mol. The van der Waals surface area contributed by atoms with Crippen molar-refractivity contribution in [1.82, 2.24) is 9.97 Å². The van der Waals surface area contributed by atoms with E-state index in [1.54, 1.807) is 17.7 Å². The van der Waals surface area contributed by atoms with E-state index in [-0.39, 0.29) is 0 Å². The highest BCUT2D eigenvalue weighted by Gasteiger charge is 2.30. The molecule has 18 heavy (non-hydrogen) atoms. The van der Waals surface area contributed by atoms with Gasteiger partial charge >= 0.3 is 0 Å². The molecular weight excluding hydrogens is 244 g/mol. The third-order valence-electron chi connectivity index (χ3n) is 3.34. The summed E-state index contributed by atoms with van der Waals surface area (Å²) in [6.07, 6.45) is 5.26. The van der Waals surface area contributed by atoms with E-state index in [4.69, 9.17) is 5.73 Å². The molecule has 2 aromatic heterocycles. The minimum absolute atomic E-state index is 0.636. The SMILES string of the molecule is CCc1cc2c(N(CCN)C3CC3)ncnc2s1. The Morgan fingerprint density at radius 3 is 2.94 bits per heavy atom. The van der Waals surface area contributed by atoms with Crippen LogP contribution in [0.4, 0.5) is 5.82 Å². The van der Waals surface area contributed by atoms with E-state index < -0.39 is 0 Å². The highest BCUT2D eigenvalue weighted by Crippen LogP contribution is 2.36. The molecule has 0 bridgehead atoms. The molecule has 1 aliphatic rings. The third-order valence-corrected chi connectivity index (χ3v) is 4.52. The largest absolute Gasteiger partial charge is 0.352 e. The van der Waals surface area contributed by atoms with Crippen LogP contribution in [-0.4, -0.2) is 29.1 Å². The van der Waals surface area contributed by atoms with E-state index in [1.807, 2.05) is 0 Å². The van der Waals surface area contributed by atoms with Crippen LogP contribution in [0.15, 0.2) is 12.4 Å². The van der Waals surface area contributed by atoms with Crippen molar-refractivity contribution >= 4 is 27.4 Å². The summed E-state index contributed by atoms with van der Waals surface area (Å²) in [5, 5.41) is 1.19. The highest BCUT2D eigenvalue weighted by atomic mass is 32.1. The number of aromatic nitrogens is 2. The van der Waals surface area contributed by atoms with Gasteiger partial charge in [0.15, 0.2) is 0 Å². The number of nitrogens with zero attached hydrogens (tertiary/aromatic N) is 3. The molecule has 3 rings (SSSR count). The maximum atomic E-state index is 5.73. The number of aryl methyl sites for hydroxylation is 1. The molecule has 0 aromatic carbocycles. The number of hydrogen-bond donors (Lipinski definition) is 1. The van der Waals surface area contributed by atoms with Crippen LogP contribution in [0.5, 0.6) is 0 Å². The van der Waals surface area contributed by atoms with Crippen molar-refractivity contribution in [2.75, 3.05) is 18.0 Å². The Morgan fingerprint density at radius 1 is 1.44 bits per heavy atom. The molecule has 0 atom stereocenters. The zero-order valence-electron chi connectivity index (χ0n) is 10.6. The maximum absolute atomic E-state index is 5.73. The van der Waals surface area contributed by atoms with Crippen LogP contribution in [0.3, 0.4) is 0 Å². The van der Waals surface area contributed by atoms with E-state index in [9.17, 15) is 0 Å². The lowest BCUT2D eigenvalue weighted by molar-refractivity contribution is 0.774. The Bertz CT molecular complexity index is 547. The van der Waals surface area contributed by atoms with Gasteiger partial charge in [-0.3, -0.25) is 0 Å². The van der Waals surface area contributed by atoms with Crippen LogP contribution in [0.25, 0.3) is 10.2 Å². The molecule has 0 radical (unpaired) electrons. The van der Waals surface area contributed by atoms with Gasteiger partial charge in [0.05, 0.1) is 5.39 Å². The zero-order chi connectivity index (χ0) is 12.5. The Balaban J connectivity index is 2.05. The average molecular weight is 262 g/mol. The molecular formula is C13H18N4S. The summed E-state index contributed by atoms with van der Waals surface area (Å²) in [4.78, 5) is 13.7. The molecule has 0 spiro atoms. The van der Waals surface area contributed by atoms with Gasteiger partial charge in [-0.15, -0.1) is 11.3 Å². The number of thiophene rings is 1. The van der Waals surface area contributed by atoms with Gasteiger partial charge < -0.3 is 10.6 Å². The molecule has 2 aromatic rings. The molecule has 1 saturated carbocycles. The van der Waals surface area contributed by atoms with E-state index in [1.165, 1.54) is 23.1 Å². The number of anilines is 1. The average Bonchev–Trinajstić information content (AvgIpc) is 3.13. The molecule has 0 unspecified atom stereocenters. The van der Waals surface area contributed by atoms with Crippen molar-refractivity contribution in [3.8, 4) is 0 Å². The first-order valence-corrected chi connectivity index (χ1v) is 7.35. The van der Waals surface area contributed by atoms with Gasteiger partial charge in [-0.25, -0.2) is 9.97 Å². The second-order valence-corrected chi connectivity index (χ2v) is 5.81. The summed E-state index contributed by atoms with van der Waals surface area (Å²) in [6.45, 7) is 3.73. The zero-order valence-corrected chi connectivity index (χ0v) is 11.4. The van der Waals surface area contributed by atoms with E-state index >= 15 is 0 Å². The summed E-state index contributed by atoms with van der Waals surface area (Å²) >= 11 is 1.77. The van der Waals surface area contributed by atoms with E-state index in [0.29, 0.717) is 12.6 Å². The topological polar surface area (TPSA) is 55.0 Å². The maximum Gasteiger partial charge on any atom is 0.141 e. The second kappa shape index (κ2) is 4.82. The van der Waals surface area contributed by atoms with Crippen LogP contribution in [0, 0.1) is 0 Å². The van der Waals surface area contributed by atoms with Crippen LogP contribution < -0.4 is 10.6 Å². The predicted octanol–water partition coefficient (Wildman–Crippen LogP) is 2.18. The van der Waals surface area contributed by atoms with Crippen molar-refractivity contribution in [2.24, 2.45) is 5.73 Å². The van der Waals surface area contributed by atoms with Gasteiger partial charge in [-0.05, 0) is 25.3 Å². The normalized spacial score (nSPS) is 15.2. The minimum Gasteiger partial charge on any atom is -0.352 e. The molecule has 4 nitrogen and oxygen atoms in total. The Kier molecular flexibility index (Phi) is 3.18. The van der Waals surface area contributed by atoms with Gasteiger partial charge in [0, 0.05) is 24.0 Å². The van der Waals surface area contributed by atoms with Gasteiger partial charge in [0.25, 0.3) is 0 Å². The number of hydrogen-bond acceptors (Lipinski definition) is 5. The van der Waals surface area contributed by atoms with Gasteiger partial charge in [0.2, 0.25) is 0 Å². The molecule has 1 aliphatic carbocycles. The van der Waals surface area contributed by atoms with E-state index in [2.05, 4.69) is 27.9 Å². The fraction of sp³-hybridized carbons (Fsp3) is 0.538. The first kappa shape index (κ1) is 11.9. The van der Waals surface area contributed by atoms with Gasteiger partial charge in [0.1, 0.15) is 17.0 Å². The molecule has 2 N–H and O–H groups in total. The van der Waals surface area contributed by atoms with Crippen LogP contribution in [0.1, 0.15) is 24.6 Å². The van der Waals surface area contributed by atoms with Crippen molar-refractivity contribution in [3.63, 3.8) is 0 Å². The Morgan fingerprint density at radius 2 is 2.28 bits per heavy atom. The molecule has 1 fully saturated rings. The quantitative estimate of drug-likeness (QED) is 0.897. The van der Waals surface area contributed by atoms with Gasteiger partial charge in [-0.2, -0.15) is 0 Å². The summed E-state index contributed by atoms with van der Waals surface area (Å²) < 4.78 is 0. The minimum atomic E-state index is 0.636. The highest BCUT2D eigenvalue weighted by molar-refractivity contribution is 7.18. The summed E-state index contributed by atoms with van der Waals surface area (Å²) in [5.74, 6) is 1.07. The monoisotopic (exact) mass is 262 g/mol. The summed E-state index contributed by atoms with van der Waals surface area (Å²) in [7, 11) is 0. The van der Waals surface area contributed by atoms with Crippen molar-refractivity contribution in [2.45, 2.75) is 32.2 Å². The van der Waals surface area contributed by atoms with Crippen molar-refractivity contribution < 1.29 is 0 Å². The molecule has 0 saturated heterocycles. The lowest BCUT2D eigenvalue weighted by atomic mass is 10.3. The first-order valence-electron chi connectivity index (χ1n) is 6.53. The molecule has 0 amide bonds. The molecule has 2 heterocycles. The molecule has 0 aliphatic heterocycles. The second-order valence-electron chi connectivity index (χ2n) is 4.70. The fourth-order valence-corrected chi connectivity index (χ4v) is 3.21. The number of nitrogens with two attached hydrogens (primary N) is 1.